The van der Waals surface area contributed by atoms with Gasteiger partial charge < -0.3 is 18.9 Å². The molecule has 8 nitrogen and oxygen atoms in total. The van der Waals surface area contributed by atoms with Gasteiger partial charge in [-0.1, -0.05) is 12.1 Å². The second-order valence-corrected chi connectivity index (χ2v) is 7.23. The Kier molecular flexibility index (Phi) is 11.4. The Morgan fingerprint density at radius 2 is 0.844 bits per heavy atom. The monoisotopic (exact) mass is 450 g/mol. The molecule has 0 unspecified atom stereocenters. The lowest BCUT2D eigenvalue weighted by atomic mass is 9.89. The summed E-state index contributed by atoms with van der Waals surface area (Å²) in [7, 11) is 0. The fourth-order valence-electron chi connectivity index (χ4n) is 3.31. The van der Waals surface area contributed by atoms with Crippen molar-refractivity contribution in [2.24, 2.45) is 11.8 Å². The van der Waals surface area contributed by atoms with Crippen LogP contribution in [0.3, 0.4) is 0 Å². The van der Waals surface area contributed by atoms with Crippen LogP contribution in [0.4, 0.5) is 0 Å². The molecule has 0 heterocycles. The largest absolute Gasteiger partial charge is 0.465 e. The predicted molar refractivity (Wildman–Crippen MR) is 117 cm³/mol. The van der Waals surface area contributed by atoms with Gasteiger partial charge in [0.05, 0.1) is 26.4 Å². The number of ether oxygens (including phenoxy) is 4. The van der Waals surface area contributed by atoms with E-state index in [-0.39, 0.29) is 39.3 Å². The van der Waals surface area contributed by atoms with Crippen LogP contribution in [0.25, 0.3) is 0 Å². The summed E-state index contributed by atoms with van der Waals surface area (Å²) in [5.41, 5.74) is 3.19. The first-order chi connectivity index (χ1) is 15.2. The van der Waals surface area contributed by atoms with Crippen molar-refractivity contribution in [2.75, 3.05) is 26.4 Å². The summed E-state index contributed by atoms with van der Waals surface area (Å²) >= 11 is 0. The molecule has 0 aliphatic heterocycles. The molecule has 0 N–H and O–H groups in total. The van der Waals surface area contributed by atoms with Gasteiger partial charge in [-0.2, -0.15) is 0 Å². The Morgan fingerprint density at radius 1 is 0.594 bits per heavy atom. The molecule has 0 atom stereocenters. The number of rotatable bonds is 12. The lowest BCUT2D eigenvalue weighted by Crippen LogP contribution is -2.31. The first-order valence-corrected chi connectivity index (χ1v) is 10.9. The average Bonchev–Trinajstić information content (AvgIpc) is 2.73. The maximum absolute atomic E-state index is 12.3. The zero-order chi connectivity index (χ0) is 24.3. The fraction of sp³-hybridized carbons (Fsp3) is 0.583. The average molecular weight is 451 g/mol. The third-order valence-electron chi connectivity index (χ3n) is 4.93. The predicted octanol–water partition coefficient (Wildman–Crippen LogP) is 2.87. The lowest BCUT2D eigenvalue weighted by Gasteiger charge is -2.19. The Balaban J connectivity index is 3.19. The van der Waals surface area contributed by atoms with E-state index in [1.54, 1.807) is 27.7 Å². The molecule has 0 saturated heterocycles. The minimum Gasteiger partial charge on any atom is -0.465 e. The van der Waals surface area contributed by atoms with Gasteiger partial charge in [-0.15, -0.1) is 0 Å². The van der Waals surface area contributed by atoms with Crippen LogP contribution >= 0.6 is 0 Å². The van der Waals surface area contributed by atoms with E-state index in [4.69, 9.17) is 18.9 Å². The molecule has 1 aromatic carbocycles. The molecule has 8 heteroatoms. The quantitative estimate of drug-likeness (QED) is 0.272. The van der Waals surface area contributed by atoms with Crippen molar-refractivity contribution in [1.82, 2.24) is 0 Å². The van der Waals surface area contributed by atoms with E-state index >= 15 is 0 Å². The number of hydrogen-bond acceptors (Lipinski definition) is 8. The standard InChI is InChI=1S/C24H34O8/c1-7-29-21(25)19(22(26)30-8-2)13-17-11-16(6)18(12-15(17)5)14-20(23(27)31-9-3)24(28)32-10-4/h11-12,19-20H,7-10,13-14H2,1-6H3. The molecule has 0 fully saturated rings. The second-order valence-electron chi connectivity index (χ2n) is 7.23. The maximum atomic E-state index is 12.3. The van der Waals surface area contributed by atoms with Crippen LogP contribution < -0.4 is 0 Å². The maximum Gasteiger partial charge on any atom is 0.320 e. The van der Waals surface area contributed by atoms with E-state index in [1.165, 1.54) is 0 Å². The van der Waals surface area contributed by atoms with Gasteiger partial charge in [-0.3, -0.25) is 19.2 Å². The summed E-state index contributed by atoms with van der Waals surface area (Å²) in [6.07, 6.45) is 0.258. The van der Waals surface area contributed by atoms with E-state index in [1.807, 2.05) is 26.0 Å². The molecule has 0 aromatic heterocycles. The molecule has 0 radical (unpaired) electrons. The number of carbonyl (C=O) groups excluding carboxylic acids is 4. The summed E-state index contributed by atoms with van der Waals surface area (Å²) in [6, 6.07) is 3.70. The molecule has 0 spiro atoms. The van der Waals surface area contributed by atoms with Crippen molar-refractivity contribution in [3.8, 4) is 0 Å². The molecular weight excluding hydrogens is 416 g/mol. The second kappa shape index (κ2) is 13.5. The minimum atomic E-state index is -1.06. The molecule has 0 amide bonds. The van der Waals surface area contributed by atoms with Crippen molar-refractivity contribution in [2.45, 2.75) is 54.4 Å². The van der Waals surface area contributed by atoms with Crippen molar-refractivity contribution in [3.05, 3.63) is 34.4 Å². The molecule has 0 bridgehead atoms. The number of carbonyl (C=O) groups is 4. The normalized spacial score (nSPS) is 10.8. The molecule has 32 heavy (non-hydrogen) atoms. The summed E-state index contributed by atoms with van der Waals surface area (Å²) in [5.74, 6) is -4.64. The van der Waals surface area contributed by atoms with Crippen molar-refractivity contribution < 1.29 is 38.1 Å². The van der Waals surface area contributed by atoms with E-state index in [0.717, 1.165) is 22.3 Å². The zero-order valence-electron chi connectivity index (χ0n) is 19.8. The highest BCUT2D eigenvalue weighted by Gasteiger charge is 2.32. The Morgan fingerprint density at radius 3 is 1.06 bits per heavy atom. The van der Waals surface area contributed by atoms with Crippen LogP contribution in [0.15, 0.2) is 12.1 Å². The highest BCUT2D eigenvalue weighted by atomic mass is 16.6. The Hall–Kier alpha value is -2.90. The van der Waals surface area contributed by atoms with Crippen LogP contribution in [-0.4, -0.2) is 50.3 Å². The molecule has 0 aliphatic carbocycles. The molecule has 0 saturated carbocycles. The molecule has 1 rings (SSSR count). The van der Waals surface area contributed by atoms with E-state index < -0.39 is 35.7 Å². The minimum absolute atomic E-state index is 0.129. The lowest BCUT2D eigenvalue weighted by molar-refractivity contribution is -0.163. The van der Waals surface area contributed by atoms with E-state index in [9.17, 15) is 19.2 Å². The first kappa shape index (κ1) is 27.1. The number of esters is 4. The highest BCUT2D eigenvalue weighted by molar-refractivity contribution is 5.96. The summed E-state index contributed by atoms with van der Waals surface area (Å²) in [6.45, 7) is 11.0. The van der Waals surface area contributed by atoms with Crippen LogP contribution in [-0.2, 0) is 51.0 Å². The van der Waals surface area contributed by atoms with Gasteiger partial charge in [0.2, 0.25) is 0 Å². The van der Waals surface area contributed by atoms with Gasteiger partial charge >= 0.3 is 23.9 Å². The van der Waals surface area contributed by atoms with Crippen LogP contribution in [0, 0.1) is 25.7 Å². The number of hydrogen-bond donors (Lipinski definition) is 0. The van der Waals surface area contributed by atoms with Gasteiger partial charge in [0.15, 0.2) is 11.8 Å². The smallest absolute Gasteiger partial charge is 0.320 e. The van der Waals surface area contributed by atoms with E-state index in [2.05, 4.69) is 0 Å². The van der Waals surface area contributed by atoms with Crippen molar-refractivity contribution in [1.29, 1.82) is 0 Å². The van der Waals surface area contributed by atoms with Gasteiger partial charge in [-0.25, -0.2) is 0 Å². The van der Waals surface area contributed by atoms with Crippen LogP contribution in [0.1, 0.15) is 49.9 Å². The Bertz CT molecular complexity index is 711. The highest BCUT2D eigenvalue weighted by Crippen LogP contribution is 2.24. The van der Waals surface area contributed by atoms with Crippen LogP contribution in [0.5, 0.6) is 0 Å². The topological polar surface area (TPSA) is 105 Å². The van der Waals surface area contributed by atoms with Gasteiger partial charge in [0, 0.05) is 0 Å². The molecule has 1 aromatic rings. The third kappa shape index (κ3) is 7.66. The van der Waals surface area contributed by atoms with E-state index in [0.29, 0.717) is 0 Å². The van der Waals surface area contributed by atoms with Gasteiger partial charge in [-0.05, 0) is 76.6 Å². The van der Waals surface area contributed by atoms with Crippen LogP contribution in [0.2, 0.25) is 0 Å². The summed E-state index contributed by atoms with van der Waals surface area (Å²) < 4.78 is 20.2. The zero-order valence-corrected chi connectivity index (χ0v) is 19.8. The summed E-state index contributed by atoms with van der Waals surface area (Å²) in [4.78, 5) is 49.3. The summed E-state index contributed by atoms with van der Waals surface area (Å²) in [5, 5.41) is 0. The molecular formula is C24H34O8. The van der Waals surface area contributed by atoms with Gasteiger partial charge in [0.1, 0.15) is 0 Å². The van der Waals surface area contributed by atoms with Crippen molar-refractivity contribution in [3.63, 3.8) is 0 Å². The van der Waals surface area contributed by atoms with Gasteiger partial charge in [0.25, 0.3) is 0 Å². The van der Waals surface area contributed by atoms with Crippen molar-refractivity contribution >= 4 is 23.9 Å². The number of aryl methyl sites for hydroxylation is 2. The SMILES string of the molecule is CCOC(=O)C(Cc1cc(C)c(CC(C(=O)OCC)C(=O)OCC)cc1C)C(=O)OCC. The fourth-order valence-corrected chi connectivity index (χ4v) is 3.31. The third-order valence-corrected chi connectivity index (χ3v) is 4.93. The Labute approximate surface area is 189 Å². The first-order valence-electron chi connectivity index (χ1n) is 10.9. The number of benzene rings is 1. The molecule has 178 valence electrons. The molecule has 0 aliphatic rings.